The van der Waals surface area contributed by atoms with Crippen molar-refractivity contribution in [2.75, 3.05) is 11.4 Å². The molecule has 2 rings (SSSR count). The third kappa shape index (κ3) is 1.35. The molecule has 0 aliphatic carbocycles. The van der Waals surface area contributed by atoms with E-state index in [9.17, 15) is 0 Å². The Hall–Kier alpha value is -1.24. The lowest BCUT2D eigenvalue weighted by Gasteiger charge is -2.11. The summed E-state index contributed by atoms with van der Waals surface area (Å²) in [6.45, 7) is 11.5. The molecule has 0 spiro atoms. The van der Waals surface area contributed by atoms with Crippen molar-refractivity contribution in [3.05, 3.63) is 41.1 Å². The Morgan fingerprint density at radius 1 is 1.15 bits per heavy atom. The van der Waals surface area contributed by atoms with Gasteiger partial charge in [0.05, 0.1) is 6.54 Å². The lowest BCUT2D eigenvalue weighted by atomic mass is 10.1. The van der Waals surface area contributed by atoms with Gasteiger partial charge >= 0.3 is 0 Å². The second-order valence-corrected chi connectivity index (χ2v) is 3.90. The van der Waals surface area contributed by atoms with Gasteiger partial charge in [-0.2, -0.15) is 0 Å². The molecular weight excluding hydrogens is 158 g/mol. The summed E-state index contributed by atoms with van der Waals surface area (Å²) in [5.41, 5.74) is 6.64. The first-order chi connectivity index (χ1) is 6.09. The first-order valence-corrected chi connectivity index (χ1v) is 4.63. The number of hydrogen-bond acceptors (Lipinski definition) is 1. The van der Waals surface area contributed by atoms with E-state index in [2.05, 4.69) is 44.4 Å². The zero-order valence-electron chi connectivity index (χ0n) is 8.52. The Balaban J connectivity index is 2.50. The Labute approximate surface area is 79.7 Å². The average molecular weight is 173 g/mol. The van der Waals surface area contributed by atoms with E-state index in [1.165, 1.54) is 28.1 Å². The summed E-state index contributed by atoms with van der Waals surface area (Å²) in [5, 5.41) is 0. The molecule has 1 aliphatic rings. The summed E-state index contributed by atoms with van der Waals surface area (Å²) in [7, 11) is 0. The van der Waals surface area contributed by atoms with Crippen LogP contribution in [0.4, 0.5) is 5.69 Å². The molecule has 0 aromatic heterocycles. The average Bonchev–Trinajstić information content (AvgIpc) is 2.64. The summed E-state index contributed by atoms with van der Waals surface area (Å²) in [5.74, 6) is 0. The van der Waals surface area contributed by atoms with Crippen molar-refractivity contribution >= 4 is 5.69 Å². The van der Waals surface area contributed by atoms with E-state index in [1.54, 1.807) is 0 Å². The molecule has 1 fully saturated rings. The van der Waals surface area contributed by atoms with Gasteiger partial charge in [-0.1, -0.05) is 24.3 Å². The van der Waals surface area contributed by atoms with Gasteiger partial charge in [0.15, 0.2) is 0 Å². The highest BCUT2D eigenvalue weighted by molar-refractivity contribution is 5.70. The summed E-state index contributed by atoms with van der Waals surface area (Å²) in [6, 6.07) is 4.46. The highest BCUT2D eigenvalue weighted by atomic mass is 15.3. The minimum Gasteiger partial charge on any atom is -0.338 e. The molecule has 0 amide bonds. The van der Waals surface area contributed by atoms with Crippen LogP contribution in [-0.4, -0.2) is 6.54 Å². The molecule has 1 aromatic carbocycles. The van der Waals surface area contributed by atoms with E-state index in [1.807, 2.05) is 0 Å². The minimum atomic E-state index is 1.03. The fourth-order valence-corrected chi connectivity index (χ4v) is 1.98. The largest absolute Gasteiger partial charge is 0.338 e. The topological polar surface area (TPSA) is 3.01 Å². The van der Waals surface area contributed by atoms with Crippen LogP contribution in [0.5, 0.6) is 0 Å². The number of nitrogens with zero attached hydrogens (tertiary/aromatic N) is 1. The smallest absolute Gasteiger partial charge is 0.0625 e. The molecule has 0 unspecified atom stereocenters. The van der Waals surface area contributed by atoms with E-state index in [0.717, 1.165) is 6.54 Å². The molecule has 68 valence electrons. The molecule has 1 aromatic rings. The predicted octanol–water partition coefficient (Wildman–Crippen LogP) is 2.95. The molecule has 1 nitrogen and oxygen atoms in total. The van der Waals surface area contributed by atoms with E-state index in [-0.39, 0.29) is 0 Å². The highest BCUT2D eigenvalue weighted by Gasteiger charge is 2.26. The number of anilines is 1. The normalized spacial score (nSPS) is 15.0. The molecule has 1 heteroatoms. The monoisotopic (exact) mass is 173 g/mol. The van der Waals surface area contributed by atoms with Gasteiger partial charge in [-0.05, 0) is 31.9 Å². The molecule has 1 saturated heterocycles. The SMILES string of the molecule is C=C1CN1c1c(C)cc(C)cc1C. The fraction of sp³-hybridized carbons (Fsp3) is 0.333. The summed E-state index contributed by atoms with van der Waals surface area (Å²) >= 11 is 0. The van der Waals surface area contributed by atoms with Crippen LogP contribution in [0.3, 0.4) is 0 Å². The number of rotatable bonds is 1. The molecule has 1 heterocycles. The van der Waals surface area contributed by atoms with Crippen molar-refractivity contribution in [2.24, 2.45) is 0 Å². The van der Waals surface area contributed by atoms with Gasteiger partial charge in [0, 0.05) is 11.4 Å². The van der Waals surface area contributed by atoms with Gasteiger partial charge in [-0.25, -0.2) is 0 Å². The lowest BCUT2D eigenvalue weighted by molar-refractivity contribution is 1.26. The molecule has 0 radical (unpaired) electrons. The van der Waals surface area contributed by atoms with Crippen LogP contribution >= 0.6 is 0 Å². The zero-order valence-corrected chi connectivity index (χ0v) is 8.52. The molecular formula is C12H15N. The van der Waals surface area contributed by atoms with Crippen molar-refractivity contribution in [3.63, 3.8) is 0 Å². The van der Waals surface area contributed by atoms with E-state index < -0.39 is 0 Å². The van der Waals surface area contributed by atoms with Crippen LogP contribution in [0.2, 0.25) is 0 Å². The van der Waals surface area contributed by atoms with Gasteiger partial charge in [0.25, 0.3) is 0 Å². The van der Waals surface area contributed by atoms with E-state index in [4.69, 9.17) is 0 Å². The van der Waals surface area contributed by atoms with Gasteiger partial charge in [-0.15, -0.1) is 0 Å². The van der Waals surface area contributed by atoms with Gasteiger partial charge in [0.2, 0.25) is 0 Å². The number of aryl methyl sites for hydroxylation is 3. The second kappa shape index (κ2) is 2.63. The van der Waals surface area contributed by atoms with Crippen molar-refractivity contribution in [2.45, 2.75) is 20.8 Å². The lowest BCUT2D eigenvalue weighted by Crippen LogP contribution is -1.97. The van der Waals surface area contributed by atoms with Crippen LogP contribution in [-0.2, 0) is 0 Å². The maximum absolute atomic E-state index is 3.96. The summed E-state index contributed by atoms with van der Waals surface area (Å²) < 4.78 is 0. The standard InChI is InChI=1S/C12H15N/c1-8-5-9(2)12(10(3)6-8)13-7-11(13)4/h5-6H,4,7H2,1-3H3. The predicted molar refractivity (Wildman–Crippen MR) is 57.1 cm³/mol. The van der Waals surface area contributed by atoms with Crippen LogP contribution in [0.1, 0.15) is 16.7 Å². The number of benzene rings is 1. The fourth-order valence-electron chi connectivity index (χ4n) is 1.98. The maximum Gasteiger partial charge on any atom is 0.0625 e. The Morgan fingerprint density at radius 2 is 1.62 bits per heavy atom. The molecule has 1 aliphatic heterocycles. The Morgan fingerprint density at radius 3 is 2.00 bits per heavy atom. The Kier molecular flexibility index (Phi) is 1.69. The van der Waals surface area contributed by atoms with Crippen LogP contribution in [0.25, 0.3) is 0 Å². The van der Waals surface area contributed by atoms with Crippen molar-refractivity contribution < 1.29 is 0 Å². The highest BCUT2D eigenvalue weighted by Crippen LogP contribution is 2.35. The Bertz CT molecular complexity index is 354. The van der Waals surface area contributed by atoms with Gasteiger partial charge in [0.1, 0.15) is 0 Å². The quantitative estimate of drug-likeness (QED) is 0.590. The molecule has 0 atom stereocenters. The van der Waals surface area contributed by atoms with E-state index >= 15 is 0 Å². The maximum atomic E-state index is 3.96. The molecule has 0 N–H and O–H groups in total. The van der Waals surface area contributed by atoms with Gasteiger partial charge < -0.3 is 4.90 Å². The third-order valence-corrected chi connectivity index (χ3v) is 2.52. The van der Waals surface area contributed by atoms with Gasteiger partial charge in [-0.3, -0.25) is 0 Å². The van der Waals surface area contributed by atoms with Crippen molar-refractivity contribution in [1.29, 1.82) is 0 Å². The molecule has 13 heavy (non-hydrogen) atoms. The van der Waals surface area contributed by atoms with Crippen LogP contribution in [0, 0.1) is 20.8 Å². The molecule has 0 bridgehead atoms. The third-order valence-electron chi connectivity index (χ3n) is 2.52. The summed E-state index contributed by atoms with van der Waals surface area (Å²) in [4.78, 5) is 2.27. The minimum absolute atomic E-state index is 1.03. The first-order valence-electron chi connectivity index (χ1n) is 4.63. The van der Waals surface area contributed by atoms with E-state index in [0.29, 0.717) is 0 Å². The zero-order chi connectivity index (χ0) is 9.59. The number of hydrogen-bond donors (Lipinski definition) is 0. The second-order valence-electron chi connectivity index (χ2n) is 3.90. The van der Waals surface area contributed by atoms with Crippen LogP contribution < -0.4 is 4.90 Å². The van der Waals surface area contributed by atoms with Crippen LogP contribution in [0.15, 0.2) is 24.4 Å². The first kappa shape index (κ1) is 8.36. The van der Waals surface area contributed by atoms with Crippen molar-refractivity contribution in [1.82, 2.24) is 0 Å². The van der Waals surface area contributed by atoms with Crippen molar-refractivity contribution in [3.8, 4) is 0 Å². The summed E-state index contributed by atoms with van der Waals surface area (Å²) in [6.07, 6.45) is 0. The molecule has 0 saturated carbocycles.